The van der Waals surface area contributed by atoms with Crippen molar-refractivity contribution in [3.8, 4) is 0 Å². The summed E-state index contributed by atoms with van der Waals surface area (Å²) in [7, 11) is 0. The van der Waals surface area contributed by atoms with Crippen LogP contribution in [-0.2, 0) is 16.0 Å². The third-order valence-corrected chi connectivity index (χ3v) is 3.31. The van der Waals surface area contributed by atoms with Gasteiger partial charge in [0.05, 0.1) is 6.42 Å². The van der Waals surface area contributed by atoms with Gasteiger partial charge >= 0.3 is 0 Å². The topological polar surface area (TPSA) is 62.0 Å². The summed E-state index contributed by atoms with van der Waals surface area (Å²) in [6.07, 6.45) is 2.53. The van der Waals surface area contributed by atoms with Gasteiger partial charge in [-0.3, -0.25) is 9.59 Å². The molecule has 1 amide bonds. The Morgan fingerprint density at radius 1 is 1.37 bits per heavy atom. The zero-order chi connectivity index (χ0) is 13.8. The highest BCUT2D eigenvalue weighted by Gasteiger charge is 2.17. The van der Waals surface area contributed by atoms with Crippen LogP contribution in [0.4, 0.5) is 0 Å². The molecule has 5 heteroatoms. The molecule has 1 unspecified atom stereocenters. The third-order valence-electron chi connectivity index (χ3n) is 3.04. The van der Waals surface area contributed by atoms with E-state index < -0.39 is 11.3 Å². The van der Waals surface area contributed by atoms with Crippen LogP contribution in [0.5, 0.6) is 0 Å². The van der Waals surface area contributed by atoms with Crippen LogP contribution in [0.3, 0.4) is 0 Å². The van der Waals surface area contributed by atoms with Crippen LogP contribution < -0.4 is 5.32 Å². The van der Waals surface area contributed by atoms with Crippen LogP contribution >= 0.6 is 11.6 Å². The number of para-hydroxylation sites is 1. The summed E-state index contributed by atoms with van der Waals surface area (Å²) < 4.78 is 0. The molecule has 0 bridgehead atoms. The summed E-state index contributed by atoms with van der Waals surface area (Å²) in [5.41, 5.74) is 1.90. The van der Waals surface area contributed by atoms with Crippen molar-refractivity contribution in [2.45, 2.75) is 25.8 Å². The number of halogens is 1. The summed E-state index contributed by atoms with van der Waals surface area (Å²) in [4.78, 5) is 26.1. The molecule has 100 valence electrons. The molecule has 0 saturated carbocycles. The Morgan fingerprint density at radius 3 is 2.79 bits per heavy atom. The van der Waals surface area contributed by atoms with Gasteiger partial charge in [-0.2, -0.15) is 0 Å². The number of hydrogen-bond donors (Lipinski definition) is 2. The number of H-pyrrole nitrogens is 1. The van der Waals surface area contributed by atoms with Crippen molar-refractivity contribution in [1.82, 2.24) is 10.3 Å². The average molecular weight is 279 g/mol. The van der Waals surface area contributed by atoms with Gasteiger partial charge in [0, 0.05) is 17.1 Å². The van der Waals surface area contributed by atoms with Crippen molar-refractivity contribution in [2.75, 3.05) is 0 Å². The third kappa shape index (κ3) is 3.15. The molecule has 0 aliphatic heterocycles. The quantitative estimate of drug-likeness (QED) is 0.825. The minimum absolute atomic E-state index is 0.203. The molecule has 19 heavy (non-hydrogen) atoms. The van der Waals surface area contributed by atoms with E-state index in [4.69, 9.17) is 11.6 Å². The lowest BCUT2D eigenvalue weighted by Crippen LogP contribution is -2.39. The molecule has 1 heterocycles. The van der Waals surface area contributed by atoms with Crippen LogP contribution in [0.25, 0.3) is 10.9 Å². The van der Waals surface area contributed by atoms with Gasteiger partial charge in [-0.15, -0.1) is 0 Å². The second-order valence-corrected chi connectivity index (χ2v) is 4.74. The monoisotopic (exact) mass is 278 g/mol. The first kappa shape index (κ1) is 13.6. The van der Waals surface area contributed by atoms with Gasteiger partial charge in [-0.05, 0) is 29.7 Å². The largest absolute Gasteiger partial charge is 0.361 e. The highest BCUT2D eigenvalue weighted by molar-refractivity contribution is 6.64. The second kappa shape index (κ2) is 5.89. The summed E-state index contributed by atoms with van der Waals surface area (Å²) in [6.45, 7) is 1.80. The van der Waals surface area contributed by atoms with Gasteiger partial charge in [-0.1, -0.05) is 25.1 Å². The van der Waals surface area contributed by atoms with Crippen molar-refractivity contribution < 1.29 is 9.59 Å². The fourth-order valence-corrected chi connectivity index (χ4v) is 2.22. The van der Waals surface area contributed by atoms with E-state index in [0.29, 0.717) is 6.42 Å². The molecule has 4 nitrogen and oxygen atoms in total. The lowest BCUT2D eigenvalue weighted by Gasteiger charge is -2.11. The first-order valence-electron chi connectivity index (χ1n) is 6.15. The number of amides is 1. The van der Waals surface area contributed by atoms with E-state index in [2.05, 4.69) is 10.3 Å². The standard InChI is InChI=1S/C14H15ClN2O2/c1-2-11(14(15)19)17-13(18)7-9-8-16-12-6-4-3-5-10(9)12/h3-6,8,11,16H,2,7H2,1H3,(H,17,18). The number of aromatic nitrogens is 1. The Kier molecular flexibility index (Phi) is 4.22. The normalized spacial score (nSPS) is 12.3. The van der Waals surface area contributed by atoms with E-state index in [1.165, 1.54) is 0 Å². The van der Waals surface area contributed by atoms with Crippen LogP contribution in [-0.4, -0.2) is 22.2 Å². The Morgan fingerprint density at radius 2 is 2.11 bits per heavy atom. The highest BCUT2D eigenvalue weighted by Crippen LogP contribution is 2.18. The van der Waals surface area contributed by atoms with E-state index in [0.717, 1.165) is 16.5 Å². The molecule has 1 aromatic heterocycles. The van der Waals surface area contributed by atoms with Gasteiger partial charge in [0.2, 0.25) is 11.1 Å². The van der Waals surface area contributed by atoms with Gasteiger partial charge in [-0.25, -0.2) is 0 Å². The molecular weight excluding hydrogens is 264 g/mol. The van der Waals surface area contributed by atoms with Crippen LogP contribution in [0.1, 0.15) is 18.9 Å². The number of nitrogens with one attached hydrogen (secondary N) is 2. The fourth-order valence-electron chi connectivity index (χ4n) is 2.02. The number of hydrogen-bond acceptors (Lipinski definition) is 2. The van der Waals surface area contributed by atoms with Crippen molar-refractivity contribution in [3.05, 3.63) is 36.0 Å². The molecule has 0 aliphatic carbocycles. The number of carbonyl (C=O) groups excluding carboxylic acids is 2. The minimum Gasteiger partial charge on any atom is -0.361 e. The summed E-state index contributed by atoms with van der Waals surface area (Å²) in [6, 6.07) is 7.16. The number of fused-ring (bicyclic) bond motifs is 1. The number of rotatable bonds is 5. The minimum atomic E-state index is -0.612. The van der Waals surface area contributed by atoms with E-state index in [1.807, 2.05) is 30.5 Å². The van der Waals surface area contributed by atoms with E-state index >= 15 is 0 Å². The van der Waals surface area contributed by atoms with Gasteiger partial charge in [0.15, 0.2) is 0 Å². The zero-order valence-corrected chi connectivity index (χ0v) is 11.3. The first-order valence-corrected chi connectivity index (χ1v) is 6.53. The average Bonchev–Trinajstić information content (AvgIpc) is 2.79. The fraction of sp³-hybridized carbons (Fsp3) is 0.286. The first-order chi connectivity index (χ1) is 9.11. The van der Waals surface area contributed by atoms with Gasteiger partial charge in [0.1, 0.15) is 6.04 Å². The van der Waals surface area contributed by atoms with Crippen LogP contribution in [0.15, 0.2) is 30.5 Å². The molecule has 1 atom stereocenters. The molecule has 0 spiro atoms. The molecule has 0 aliphatic rings. The Bertz CT molecular complexity index is 606. The Balaban J connectivity index is 2.09. The maximum Gasteiger partial charge on any atom is 0.243 e. The van der Waals surface area contributed by atoms with Crippen LogP contribution in [0.2, 0.25) is 0 Å². The molecule has 2 rings (SSSR count). The van der Waals surface area contributed by atoms with Crippen molar-refractivity contribution >= 4 is 33.7 Å². The lowest BCUT2D eigenvalue weighted by molar-refractivity contribution is -0.124. The molecule has 2 N–H and O–H groups in total. The maximum absolute atomic E-state index is 11.9. The number of carbonyl (C=O) groups is 2. The molecule has 2 aromatic rings. The Hall–Kier alpha value is -1.81. The lowest BCUT2D eigenvalue weighted by atomic mass is 10.1. The van der Waals surface area contributed by atoms with Crippen molar-refractivity contribution in [1.29, 1.82) is 0 Å². The molecule has 0 radical (unpaired) electrons. The van der Waals surface area contributed by atoms with Crippen molar-refractivity contribution in [3.63, 3.8) is 0 Å². The SMILES string of the molecule is CCC(NC(=O)Cc1c[nH]c2ccccc12)C(=O)Cl. The summed E-state index contributed by atoms with van der Waals surface area (Å²) >= 11 is 5.41. The molecule has 1 aromatic carbocycles. The predicted octanol–water partition coefficient (Wildman–Crippen LogP) is 2.37. The molecule has 0 saturated heterocycles. The Labute approximate surface area is 116 Å². The molecular formula is C14H15ClN2O2. The van der Waals surface area contributed by atoms with E-state index in [9.17, 15) is 9.59 Å². The smallest absolute Gasteiger partial charge is 0.243 e. The van der Waals surface area contributed by atoms with Crippen molar-refractivity contribution in [2.24, 2.45) is 0 Å². The number of benzene rings is 1. The summed E-state index contributed by atoms with van der Waals surface area (Å²) in [5, 5.41) is 3.12. The zero-order valence-electron chi connectivity index (χ0n) is 10.6. The van der Waals surface area contributed by atoms with Gasteiger partial charge < -0.3 is 10.3 Å². The summed E-state index contributed by atoms with van der Waals surface area (Å²) in [5.74, 6) is -0.203. The maximum atomic E-state index is 11.9. The predicted molar refractivity (Wildman–Crippen MR) is 75.1 cm³/mol. The van der Waals surface area contributed by atoms with E-state index in [1.54, 1.807) is 6.92 Å². The van der Waals surface area contributed by atoms with Crippen LogP contribution in [0, 0.1) is 0 Å². The van der Waals surface area contributed by atoms with Gasteiger partial charge in [0.25, 0.3) is 0 Å². The van der Waals surface area contributed by atoms with E-state index in [-0.39, 0.29) is 12.3 Å². The highest BCUT2D eigenvalue weighted by atomic mass is 35.5. The number of aromatic amines is 1. The second-order valence-electron chi connectivity index (χ2n) is 4.37. The molecule has 0 fully saturated rings.